The average Bonchev–Trinajstić information content (AvgIpc) is 2.78. The van der Waals surface area contributed by atoms with E-state index >= 15 is 0 Å². The van der Waals surface area contributed by atoms with Gasteiger partial charge in [-0.3, -0.25) is 4.79 Å². The highest BCUT2D eigenvalue weighted by atomic mass is 16.5. The third-order valence-electron chi connectivity index (χ3n) is 5.93. The van der Waals surface area contributed by atoms with Crippen molar-refractivity contribution in [2.45, 2.75) is 31.6 Å². The molecule has 4 aromatic rings. The van der Waals surface area contributed by atoms with E-state index in [-0.39, 0.29) is 17.3 Å². The molecule has 150 valence electrons. The van der Waals surface area contributed by atoms with Crippen molar-refractivity contribution in [1.82, 2.24) is 9.97 Å². The van der Waals surface area contributed by atoms with E-state index in [1.54, 1.807) is 19.2 Å². The lowest BCUT2D eigenvalue weighted by atomic mass is 9.73. The molecular weight excluding hydrogens is 376 g/mol. The van der Waals surface area contributed by atoms with Gasteiger partial charge in [0.05, 0.1) is 18.2 Å². The number of nitrogens with zero attached hydrogens (tertiary/aromatic N) is 2. The maximum absolute atomic E-state index is 12.8. The van der Waals surface area contributed by atoms with Gasteiger partial charge in [0.25, 0.3) is 0 Å². The first-order chi connectivity index (χ1) is 14.6. The Morgan fingerprint density at radius 3 is 2.53 bits per heavy atom. The number of ether oxygens (including phenoxy) is 1. The fourth-order valence-corrected chi connectivity index (χ4v) is 4.54. The molecule has 0 fully saturated rings. The molecule has 5 nitrogen and oxygen atoms in total. The number of methoxy groups -OCH3 is 1. The van der Waals surface area contributed by atoms with E-state index in [1.807, 2.05) is 43.3 Å². The van der Waals surface area contributed by atoms with Gasteiger partial charge in [0, 0.05) is 17.5 Å². The Hall–Kier alpha value is -3.47. The number of hydrogen-bond donors (Lipinski definition) is 0. The van der Waals surface area contributed by atoms with Crippen LogP contribution in [0, 0.1) is 6.92 Å². The van der Waals surface area contributed by atoms with Crippen molar-refractivity contribution in [2.75, 3.05) is 7.11 Å². The standard InChI is InChI=1S/C25H22N2O3/c1-15-26-21-13-18(16-8-4-3-5-9-16)19(12-20(21)25(27-15)29-2)24-14-22(28)17-10-6-7-11-23(17)30-24/h3-11,14,18-19H,12-13H2,1-2H3. The number of hydrogen-bond acceptors (Lipinski definition) is 5. The first kappa shape index (κ1) is 18.6. The van der Waals surface area contributed by atoms with Gasteiger partial charge >= 0.3 is 0 Å². The van der Waals surface area contributed by atoms with Gasteiger partial charge in [0.15, 0.2) is 5.43 Å². The summed E-state index contributed by atoms with van der Waals surface area (Å²) in [5, 5.41) is 0.602. The highest BCUT2D eigenvalue weighted by Crippen LogP contribution is 2.44. The maximum Gasteiger partial charge on any atom is 0.219 e. The van der Waals surface area contributed by atoms with Crippen LogP contribution in [0.2, 0.25) is 0 Å². The van der Waals surface area contributed by atoms with Gasteiger partial charge in [-0.1, -0.05) is 42.5 Å². The number of aryl methyl sites for hydroxylation is 1. The first-order valence-electron chi connectivity index (χ1n) is 10.1. The van der Waals surface area contributed by atoms with Crippen molar-refractivity contribution in [3.8, 4) is 5.88 Å². The Morgan fingerprint density at radius 1 is 0.967 bits per heavy atom. The minimum absolute atomic E-state index is 0.0163. The highest BCUT2D eigenvalue weighted by molar-refractivity contribution is 5.76. The molecule has 2 aromatic carbocycles. The molecule has 30 heavy (non-hydrogen) atoms. The second-order valence-corrected chi connectivity index (χ2v) is 7.75. The molecule has 2 atom stereocenters. The Bertz CT molecular complexity index is 1280. The van der Waals surface area contributed by atoms with E-state index in [0.29, 0.717) is 34.9 Å². The Kier molecular flexibility index (Phi) is 4.58. The zero-order valence-corrected chi connectivity index (χ0v) is 17.0. The van der Waals surface area contributed by atoms with Crippen LogP contribution in [0.15, 0.2) is 69.9 Å². The summed E-state index contributed by atoms with van der Waals surface area (Å²) in [6.07, 6.45) is 1.39. The third-order valence-corrected chi connectivity index (χ3v) is 5.93. The first-order valence-corrected chi connectivity index (χ1v) is 10.1. The molecule has 0 aliphatic heterocycles. The van der Waals surface area contributed by atoms with Crippen LogP contribution in [0.1, 0.15) is 40.2 Å². The summed E-state index contributed by atoms with van der Waals surface area (Å²) in [5.41, 5.74) is 3.81. The molecule has 0 saturated heterocycles. The quantitative estimate of drug-likeness (QED) is 0.506. The predicted octanol–water partition coefficient (Wildman–Crippen LogP) is 4.57. The molecule has 0 radical (unpaired) electrons. The fraction of sp³-hybridized carbons (Fsp3) is 0.240. The van der Waals surface area contributed by atoms with Crippen LogP contribution < -0.4 is 10.2 Å². The van der Waals surface area contributed by atoms with Gasteiger partial charge in [-0.05, 0) is 43.4 Å². The van der Waals surface area contributed by atoms with Gasteiger partial charge in [-0.15, -0.1) is 0 Å². The van der Waals surface area contributed by atoms with Gasteiger partial charge in [-0.2, -0.15) is 4.98 Å². The Balaban J connectivity index is 1.69. The molecule has 0 saturated carbocycles. The van der Waals surface area contributed by atoms with E-state index < -0.39 is 0 Å². The molecule has 1 aliphatic carbocycles. The van der Waals surface area contributed by atoms with E-state index in [9.17, 15) is 4.79 Å². The summed E-state index contributed by atoms with van der Waals surface area (Å²) < 4.78 is 11.8. The molecule has 0 bridgehead atoms. The molecule has 1 aliphatic rings. The summed E-state index contributed by atoms with van der Waals surface area (Å²) in [6.45, 7) is 1.88. The largest absolute Gasteiger partial charge is 0.481 e. The van der Waals surface area contributed by atoms with Crippen LogP contribution >= 0.6 is 0 Å². The highest BCUT2D eigenvalue weighted by Gasteiger charge is 2.36. The number of benzene rings is 2. The molecule has 0 spiro atoms. The summed E-state index contributed by atoms with van der Waals surface area (Å²) in [7, 11) is 1.64. The lowest BCUT2D eigenvalue weighted by molar-refractivity contribution is 0.363. The molecule has 2 heterocycles. The van der Waals surface area contributed by atoms with Crippen molar-refractivity contribution in [1.29, 1.82) is 0 Å². The van der Waals surface area contributed by atoms with Crippen molar-refractivity contribution in [2.24, 2.45) is 0 Å². The second-order valence-electron chi connectivity index (χ2n) is 7.75. The Labute approximate surface area is 174 Å². The van der Waals surface area contributed by atoms with E-state index in [0.717, 1.165) is 17.7 Å². The molecular formula is C25H22N2O3. The van der Waals surface area contributed by atoms with E-state index in [4.69, 9.17) is 14.1 Å². The summed E-state index contributed by atoms with van der Waals surface area (Å²) in [5.74, 6) is 2.13. The van der Waals surface area contributed by atoms with Crippen molar-refractivity contribution in [3.05, 3.63) is 99.3 Å². The number of para-hydroxylation sites is 1. The van der Waals surface area contributed by atoms with Crippen LogP contribution in [-0.4, -0.2) is 17.1 Å². The van der Waals surface area contributed by atoms with Crippen LogP contribution in [0.25, 0.3) is 11.0 Å². The van der Waals surface area contributed by atoms with E-state index in [1.165, 1.54) is 5.56 Å². The molecule has 0 N–H and O–H groups in total. The third kappa shape index (κ3) is 3.16. The van der Waals surface area contributed by atoms with Crippen molar-refractivity contribution < 1.29 is 9.15 Å². The van der Waals surface area contributed by atoms with Gasteiger partial charge in [-0.25, -0.2) is 4.98 Å². The minimum atomic E-state index is -0.0171. The molecule has 5 heteroatoms. The van der Waals surface area contributed by atoms with Crippen molar-refractivity contribution >= 4 is 11.0 Å². The summed E-state index contributed by atoms with van der Waals surface area (Å²) in [6, 6.07) is 19.4. The predicted molar refractivity (Wildman–Crippen MR) is 115 cm³/mol. The average molecular weight is 398 g/mol. The van der Waals surface area contributed by atoms with Crippen LogP contribution in [0.5, 0.6) is 5.88 Å². The molecule has 2 unspecified atom stereocenters. The SMILES string of the molecule is COc1nc(C)nc2c1CC(c1cc(=O)c3ccccc3o1)C(c1ccccc1)C2. The molecule has 0 amide bonds. The smallest absolute Gasteiger partial charge is 0.219 e. The normalized spacial score (nSPS) is 18.2. The number of aromatic nitrogens is 2. The van der Waals surface area contributed by atoms with E-state index in [2.05, 4.69) is 17.1 Å². The van der Waals surface area contributed by atoms with Gasteiger partial charge in [0.1, 0.15) is 17.2 Å². The monoisotopic (exact) mass is 398 g/mol. The summed E-state index contributed by atoms with van der Waals surface area (Å²) >= 11 is 0. The topological polar surface area (TPSA) is 65.2 Å². The van der Waals surface area contributed by atoms with Crippen LogP contribution in [0.3, 0.4) is 0 Å². The zero-order valence-electron chi connectivity index (χ0n) is 17.0. The number of fused-ring (bicyclic) bond motifs is 2. The van der Waals surface area contributed by atoms with Crippen molar-refractivity contribution in [3.63, 3.8) is 0 Å². The van der Waals surface area contributed by atoms with Gasteiger partial charge in [0.2, 0.25) is 5.88 Å². The van der Waals surface area contributed by atoms with Crippen LogP contribution in [0.4, 0.5) is 0 Å². The van der Waals surface area contributed by atoms with Gasteiger partial charge < -0.3 is 9.15 Å². The maximum atomic E-state index is 12.8. The molecule has 5 rings (SSSR count). The Morgan fingerprint density at radius 2 is 1.73 bits per heavy atom. The lowest BCUT2D eigenvalue weighted by Crippen LogP contribution is -2.25. The molecule has 2 aromatic heterocycles. The minimum Gasteiger partial charge on any atom is -0.481 e. The summed E-state index contributed by atoms with van der Waals surface area (Å²) in [4.78, 5) is 22.0. The number of rotatable bonds is 3. The zero-order chi connectivity index (χ0) is 20.7. The lowest BCUT2D eigenvalue weighted by Gasteiger charge is -2.32. The second kappa shape index (κ2) is 7.41. The fourth-order valence-electron chi connectivity index (χ4n) is 4.54. The van der Waals surface area contributed by atoms with Crippen LogP contribution in [-0.2, 0) is 12.8 Å².